The van der Waals surface area contributed by atoms with Crippen LogP contribution in [0.25, 0.3) is 0 Å². The lowest BCUT2D eigenvalue weighted by Crippen LogP contribution is -2.13. The summed E-state index contributed by atoms with van der Waals surface area (Å²) in [5, 5.41) is 19.5. The number of aromatic hydroxyl groups is 2. The lowest BCUT2D eigenvalue weighted by atomic mass is 9.88. The van der Waals surface area contributed by atoms with Gasteiger partial charge in [0.15, 0.2) is 5.78 Å². The van der Waals surface area contributed by atoms with Gasteiger partial charge in [-0.3, -0.25) is 9.59 Å². The van der Waals surface area contributed by atoms with Crippen molar-refractivity contribution in [3.05, 3.63) is 53.6 Å². The Kier molecular flexibility index (Phi) is 6.00. The molecular weight excluding hydrogens is 324 g/mol. The summed E-state index contributed by atoms with van der Waals surface area (Å²) in [4.78, 5) is 24.2. The molecule has 0 aromatic heterocycles. The number of methoxy groups -OCH3 is 2. The lowest BCUT2D eigenvalue weighted by Gasteiger charge is -2.17. The third-order valence-corrected chi connectivity index (χ3v) is 3.94. The quantitative estimate of drug-likeness (QED) is 0.592. The predicted molar refractivity (Wildman–Crippen MR) is 91.1 cm³/mol. The fourth-order valence-electron chi connectivity index (χ4n) is 2.56. The third-order valence-electron chi connectivity index (χ3n) is 3.94. The van der Waals surface area contributed by atoms with Crippen molar-refractivity contribution in [2.45, 2.75) is 18.8 Å². The molecule has 0 aliphatic rings. The standard InChI is InChI=1S/C19H20O6/c1-24-15-7-8-16(18(22)11-15)13(10-19(23)25-2)9-17(21)12-3-5-14(20)6-4-12/h3-8,11,13,20,22H,9-10H2,1-2H3/t13-/m1/s1. The van der Waals surface area contributed by atoms with Gasteiger partial charge in [-0.15, -0.1) is 0 Å². The number of hydrogen-bond donors (Lipinski definition) is 2. The van der Waals surface area contributed by atoms with Crippen LogP contribution in [0, 0.1) is 0 Å². The zero-order valence-electron chi connectivity index (χ0n) is 14.1. The second-order valence-corrected chi connectivity index (χ2v) is 5.58. The second kappa shape index (κ2) is 8.19. The third kappa shape index (κ3) is 4.73. The Morgan fingerprint density at radius 2 is 1.68 bits per heavy atom. The summed E-state index contributed by atoms with van der Waals surface area (Å²) in [7, 11) is 2.75. The SMILES string of the molecule is COC(=O)C[C@@H](CC(=O)c1ccc(O)cc1)c1ccc(OC)cc1O. The van der Waals surface area contributed by atoms with Crippen molar-refractivity contribution in [1.82, 2.24) is 0 Å². The summed E-state index contributed by atoms with van der Waals surface area (Å²) in [6.07, 6.45) is -0.0278. The molecular formula is C19H20O6. The highest BCUT2D eigenvalue weighted by Crippen LogP contribution is 2.34. The van der Waals surface area contributed by atoms with E-state index >= 15 is 0 Å². The molecule has 0 aliphatic heterocycles. The van der Waals surface area contributed by atoms with Crippen molar-refractivity contribution in [2.24, 2.45) is 0 Å². The summed E-state index contributed by atoms with van der Waals surface area (Å²) in [6.45, 7) is 0. The van der Waals surface area contributed by atoms with E-state index in [0.717, 1.165) is 0 Å². The Morgan fingerprint density at radius 1 is 1.00 bits per heavy atom. The van der Waals surface area contributed by atoms with E-state index in [1.807, 2.05) is 0 Å². The van der Waals surface area contributed by atoms with Crippen LogP contribution < -0.4 is 4.74 Å². The zero-order chi connectivity index (χ0) is 18.4. The predicted octanol–water partition coefficient (Wildman–Crippen LogP) is 3.03. The maximum Gasteiger partial charge on any atom is 0.306 e. The van der Waals surface area contributed by atoms with Gasteiger partial charge in [-0.25, -0.2) is 0 Å². The molecule has 2 rings (SSSR count). The minimum atomic E-state index is -0.542. The van der Waals surface area contributed by atoms with Gasteiger partial charge >= 0.3 is 5.97 Å². The van der Waals surface area contributed by atoms with Crippen molar-refractivity contribution in [1.29, 1.82) is 0 Å². The second-order valence-electron chi connectivity index (χ2n) is 5.58. The van der Waals surface area contributed by atoms with Crippen LogP contribution in [0.5, 0.6) is 17.2 Å². The van der Waals surface area contributed by atoms with Gasteiger partial charge in [0.2, 0.25) is 0 Å². The Balaban J connectivity index is 2.28. The van der Waals surface area contributed by atoms with E-state index in [1.54, 1.807) is 12.1 Å². The van der Waals surface area contributed by atoms with Crippen molar-refractivity contribution >= 4 is 11.8 Å². The monoisotopic (exact) mass is 344 g/mol. The van der Waals surface area contributed by atoms with Gasteiger partial charge in [-0.2, -0.15) is 0 Å². The van der Waals surface area contributed by atoms with E-state index in [1.165, 1.54) is 44.6 Å². The highest BCUT2D eigenvalue weighted by molar-refractivity contribution is 5.97. The fraction of sp³-hybridized carbons (Fsp3) is 0.263. The van der Waals surface area contributed by atoms with Crippen LogP contribution >= 0.6 is 0 Å². The van der Waals surface area contributed by atoms with Gasteiger partial charge in [0.25, 0.3) is 0 Å². The summed E-state index contributed by atoms with van der Waals surface area (Å²) >= 11 is 0. The number of hydrogen-bond acceptors (Lipinski definition) is 6. The van der Waals surface area contributed by atoms with Crippen LogP contribution in [0.4, 0.5) is 0 Å². The largest absolute Gasteiger partial charge is 0.508 e. The van der Waals surface area contributed by atoms with Gasteiger partial charge in [-0.1, -0.05) is 6.07 Å². The molecule has 0 radical (unpaired) electrons. The van der Waals surface area contributed by atoms with Gasteiger partial charge in [0.1, 0.15) is 17.2 Å². The van der Waals surface area contributed by atoms with E-state index in [0.29, 0.717) is 16.9 Å². The van der Waals surface area contributed by atoms with Gasteiger partial charge in [0, 0.05) is 24.0 Å². The molecule has 0 heterocycles. The molecule has 0 unspecified atom stereocenters. The van der Waals surface area contributed by atoms with Gasteiger partial charge < -0.3 is 19.7 Å². The van der Waals surface area contributed by atoms with Gasteiger partial charge in [-0.05, 0) is 35.9 Å². The molecule has 0 spiro atoms. The molecule has 6 nitrogen and oxygen atoms in total. The average Bonchev–Trinajstić information content (AvgIpc) is 2.61. The Bertz CT molecular complexity index is 751. The first-order valence-electron chi connectivity index (χ1n) is 7.70. The number of ether oxygens (including phenoxy) is 2. The molecule has 2 aromatic rings. The maximum absolute atomic E-state index is 12.5. The minimum Gasteiger partial charge on any atom is -0.508 e. The van der Waals surface area contributed by atoms with E-state index in [-0.39, 0.29) is 30.1 Å². The number of Topliss-reactive ketones (excluding diaryl/α,β-unsaturated/α-hetero) is 1. The normalized spacial score (nSPS) is 11.6. The molecule has 0 aliphatic carbocycles. The van der Waals surface area contributed by atoms with Crippen LogP contribution in [0.2, 0.25) is 0 Å². The first-order valence-corrected chi connectivity index (χ1v) is 7.70. The number of carbonyl (C=O) groups is 2. The fourth-order valence-corrected chi connectivity index (χ4v) is 2.56. The van der Waals surface area contributed by atoms with Crippen molar-refractivity contribution in [2.75, 3.05) is 14.2 Å². The van der Waals surface area contributed by atoms with E-state index in [2.05, 4.69) is 0 Å². The maximum atomic E-state index is 12.5. The lowest BCUT2D eigenvalue weighted by molar-refractivity contribution is -0.141. The van der Waals surface area contributed by atoms with Crippen molar-refractivity contribution in [3.63, 3.8) is 0 Å². The summed E-state index contributed by atoms with van der Waals surface area (Å²) in [6, 6.07) is 10.6. The molecule has 0 saturated carbocycles. The average molecular weight is 344 g/mol. The van der Waals surface area contributed by atoms with Crippen LogP contribution in [0.15, 0.2) is 42.5 Å². The highest BCUT2D eigenvalue weighted by atomic mass is 16.5. The number of ketones is 1. The first kappa shape index (κ1) is 18.3. The van der Waals surface area contributed by atoms with Crippen LogP contribution in [-0.2, 0) is 9.53 Å². The highest BCUT2D eigenvalue weighted by Gasteiger charge is 2.23. The van der Waals surface area contributed by atoms with Crippen LogP contribution in [-0.4, -0.2) is 36.2 Å². The molecule has 0 fully saturated rings. The first-order chi connectivity index (χ1) is 11.9. The molecule has 2 N–H and O–H groups in total. The molecule has 25 heavy (non-hydrogen) atoms. The molecule has 0 saturated heterocycles. The van der Waals surface area contributed by atoms with Gasteiger partial charge in [0.05, 0.1) is 20.6 Å². The smallest absolute Gasteiger partial charge is 0.306 e. The molecule has 6 heteroatoms. The number of phenolic OH excluding ortho intramolecular Hbond substituents is 2. The minimum absolute atomic E-state index is 0.0137. The number of carbonyl (C=O) groups excluding carboxylic acids is 2. The Hall–Kier alpha value is -3.02. The topological polar surface area (TPSA) is 93.1 Å². The molecule has 132 valence electrons. The molecule has 2 aromatic carbocycles. The zero-order valence-corrected chi connectivity index (χ0v) is 14.1. The van der Waals surface area contributed by atoms with E-state index < -0.39 is 11.9 Å². The van der Waals surface area contributed by atoms with E-state index in [4.69, 9.17) is 9.47 Å². The Morgan fingerprint density at radius 3 is 2.24 bits per heavy atom. The number of rotatable bonds is 7. The molecule has 1 atom stereocenters. The van der Waals surface area contributed by atoms with Crippen LogP contribution in [0.3, 0.4) is 0 Å². The number of phenols is 2. The molecule has 0 amide bonds. The van der Waals surface area contributed by atoms with Crippen molar-refractivity contribution < 1.29 is 29.3 Å². The summed E-state index contributed by atoms with van der Waals surface area (Å²) in [5.41, 5.74) is 0.888. The van der Waals surface area contributed by atoms with E-state index in [9.17, 15) is 19.8 Å². The van der Waals surface area contributed by atoms with Crippen molar-refractivity contribution in [3.8, 4) is 17.2 Å². The summed E-state index contributed by atoms with van der Waals surface area (Å²) in [5.74, 6) is -0.729. The summed E-state index contributed by atoms with van der Waals surface area (Å²) < 4.78 is 9.75. The number of esters is 1. The number of benzene rings is 2. The molecule has 0 bridgehead atoms. The van der Waals surface area contributed by atoms with Crippen LogP contribution in [0.1, 0.15) is 34.7 Å². The Labute approximate surface area is 145 Å².